The second kappa shape index (κ2) is 15.6. The van der Waals surface area contributed by atoms with Crippen molar-refractivity contribution in [1.82, 2.24) is 14.9 Å². The molecular weight excluding hydrogens is 650 g/mol. The third kappa shape index (κ3) is 10.0. The van der Waals surface area contributed by atoms with E-state index in [1.807, 2.05) is 4.72 Å². The quantitative estimate of drug-likeness (QED) is 0.186. The number of ether oxygens (including phenoxy) is 1. The molecule has 4 aliphatic rings. The first kappa shape index (κ1) is 34.9. The van der Waals surface area contributed by atoms with Gasteiger partial charge in [-0.2, -0.15) is 0 Å². The molecule has 0 bridgehead atoms. The number of anilines is 1. The van der Waals surface area contributed by atoms with E-state index in [0.29, 0.717) is 42.5 Å². The fourth-order valence-electron chi connectivity index (χ4n) is 5.78. The van der Waals surface area contributed by atoms with E-state index < -0.39 is 63.5 Å². The van der Waals surface area contributed by atoms with Gasteiger partial charge in [-0.05, 0) is 81.9 Å². The van der Waals surface area contributed by atoms with E-state index >= 15 is 0 Å². The Bertz CT molecular complexity index is 1530. The Morgan fingerprint density at radius 1 is 1.11 bits per heavy atom. The van der Waals surface area contributed by atoms with Gasteiger partial charge in [0.2, 0.25) is 21.8 Å². The highest BCUT2D eigenvalue weighted by atomic mass is 32.2. The van der Waals surface area contributed by atoms with Crippen molar-refractivity contribution in [2.45, 2.75) is 69.1 Å². The second-order valence-corrected chi connectivity index (χ2v) is 15.6. The van der Waals surface area contributed by atoms with Crippen molar-refractivity contribution in [2.75, 3.05) is 37.8 Å². The molecule has 0 aromatic heterocycles. The van der Waals surface area contributed by atoms with Crippen molar-refractivity contribution in [3.63, 3.8) is 0 Å². The minimum absolute atomic E-state index is 0.00994. The molecule has 4 amide bonds. The first-order chi connectivity index (χ1) is 22.5. The normalized spacial score (nSPS) is 22.5. The van der Waals surface area contributed by atoms with Gasteiger partial charge in [0, 0.05) is 31.5 Å². The Kier molecular flexibility index (Phi) is 11.6. The maximum atomic E-state index is 14.1. The largest absolute Gasteiger partial charge is 0.446 e. The van der Waals surface area contributed by atoms with Gasteiger partial charge in [0.15, 0.2) is 0 Å². The van der Waals surface area contributed by atoms with E-state index in [-0.39, 0.29) is 24.4 Å². The minimum Gasteiger partial charge on any atom is -0.446 e. The molecule has 3 atom stereocenters. The molecule has 3 fully saturated rings. The maximum absolute atomic E-state index is 14.1. The molecule has 5 rings (SSSR count). The highest BCUT2D eigenvalue weighted by Crippen LogP contribution is 2.36. The van der Waals surface area contributed by atoms with Crippen LogP contribution in [-0.4, -0.2) is 86.0 Å². The number of halogens is 1. The van der Waals surface area contributed by atoms with Crippen LogP contribution in [0.3, 0.4) is 0 Å². The highest BCUT2D eigenvalue weighted by molar-refractivity contribution is 8.14. The van der Waals surface area contributed by atoms with Gasteiger partial charge in [-0.1, -0.05) is 12.2 Å². The summed E-state index contributed by atoms with van der Waals surface area (Å²) in [5.41, 5.74) is 0.760. The molecule has 3 N–H and O–H groups in total. The van der Waals surface area contributed by atoms with Crippen molar-refractivity contribution >= 4 is 56.3 Å². The third-order valence-electron chi connectivity index (χ3n) is 8.64. The van der Waals surface area contributed by atoms with Gasteiger partial charge in [0.25, 0.3) is 5.91 Å². The van der Waals surface area contributed by atoms with E-state index in [4.69, 9.17) is 4.74 Å². The number of allylic oxidation sites excluding steroid dienone is 2. The number of amides is 4. The molecule has 1 heterocycles. The van der Waals surface area contributed by atoms with Gasteiger partial charge in [-0.25, -0.2) is 17.6 Å². The lowest BCUT2D eigenvalue weighted by atomic mass is 9.93. The number of thioether (sulfide) groups is 1. The van der Waals surface area contributed by atoms with Crippen molar-refractivity contribution in [2.24, 2.45) is 22.7 Å². The molecule has 12 nitrogen and oxygen atoms in total. The summed E-state index contributed by atoms with van der Waals surface area (Å²) in [5, 5.41) is 5.14. The number of carbonyl (C=O) groups is 4. The van der Waals surface area contributed by atoms with Gasteiger partial charge in [0.1, 0.15) is 11.9 Å². The van der Waals surface area contributed by atoms with E-state index in [9.17, 15) is 32.0 Å². The maximum Gasteiger partial charge on any atom is 0.411 e. The summed E-state index contributed by atoms with van der Waals surface area (Å²) < 4.78 is 45.9. The summed E-state index contributed by atoms with van der Waals surface area (Å²) in [6.07, 6.45) is 8.90. The fourth-order valence-corrected chi connectivity index (χ4v) is 7.99. The zero-order valence-electron chi connectivity index (χ0n) is 26.4. The third-order valence-corrected chi connectivity index (χ3v) is 11.5. The number of nitrogens with one attached hydrogen (secondary N) is 3. The van der Waals surface area contributed by atoms with E-state index in [0.717, 1.165) is 25.0 Å². The zero-order chi connectivity index (χ0) is 33.6. The lowest BCUT2D eigenvalue weighted by Crippen LogP contribution is -2.45. The Labute approximate surface area is 278 Å². The molecule has 0 unspecified atom stereocenters. The van der Waals surface area contributed by atoms with Gasteiger partial charge < -0.3 is 15.0 Å². The van der Waals surface area contributed by atoms with E-state index in [1.165, 1.54) is 42.8 Å². The SMILES string of the molecule is CN(CCCC/C=C\C1CC1)C(=O)[C@@H]1C[C@H](OC(=O)Nc2cc(F)ccc2C2=NCCS2)C[C@H]1C(=O)NCC(=O)NS(=O)(=O)C1CC1. The van der Waals surface area contributed by atoms with Gasteiger partial charge in [-0.15, -0.1) is 11.8 Å². The smallest absolute Gasteiger partial charge is 0.411 e. The molecule has 3 saturated carbocycles. The predicted octanol–water partition coefficient (Wildman–Crippen LogP) is 3.58. The van der Waals surface area contributed by atoms with Crippen molar-refractivity contribution in [3.05, 3.63) is 41.7 Å². The second-order valence-electron chi connectivity index (χ2n) is 12.6. The van der Waals surface area contributed by atoms with Crippen LogP contribution in [-0.2, 0) is 29.1 Å². The number of sulfonamides is 1. The van der Waals surface area contributed by atoms with Crippen LogP contribution < -0.4 is 15.4 Å². The molecular formula is C32H42FN5O7S2. The van der Waals surface area contributed by atoms with Gasteiger partial charge in [-0.3, -0.25) is 29.4 Å². The summed E-state index contributed by atoms with van der Waals surface area (Å²) >= 11 is 1.50. The van der Waals surface area contributed by atoms with Crippen LogP contribution in [0.1, 0.15) is 63.4 Å². The van der Waals surface area contributed by atoms with Crippen LogP contribution in [0.25, 0.3) is 0 Å². The molecule has 1 aliphatic heterocycles. The number of carbonyl (C=O) groups excluding carboxylic acids is 4. The number of rotatable bonds is 15. The first-order valence-corrected chi connectivity index (χ1v) is 18.7. The van der Waals surface area contributed by atoms with Crippen molar-refractivity contribution in [1.29, 1.82) is 0 Å². The number of hydrogen-bond donors (Lipinski definition) is 3. The van der Waals surface area contributed by atoms with Crippen LogP contribution in [0.4, 0.5) is 14.9 Å². The molecule has 0 saturated heterocycles. The topological polar surface area (TPSA) is 163 Å². The molecule has 1 aromatic rings. The molecule has 0 radical (unpaired) electrons. The number of nitrogens with zero attached hydrogens (tertiary/aromatic N) is 2. The van der Waals surface area contributed by atoms with Crippen LogP contribution >= 0.6 is 11.8 Å². The average Bonchev–Trinajstić information content (AvgIpc) is 3.95. The molecule has 256 valence electrons. The number of aliphatic imine (C=N–C) groups is 1. The lowest BCUT2D eigenvalue weighted by Gasteiger charge is -2.24. The monoisotopic (exact) mass is 691 g/mol. The molecule has 47 heavy (non-hydrogen) atoms. The Morgan fingerprint density at radius 2 is 1.87 bits per heavy atom. The standard InChI is InChI=1S/C32H42FN5O7S2/c1-38(14-5-3-2-4-6-20-7-8-20)31(41)26-18-22(17-25(26)29(40)35-19-28(39)37-47(43,44)23-10-11-23)45-32(42)36-27-16-21(33)9-12-24(27)30-34-13-15-46-30/h4,6,9,12,16,20,22-23,25-26H,2-3,5,7-8,10-11,13-15,17-19H2,1H3,(H,35,40)(H,36,42)(H,37,39)/b6-4-/t22-,25-,26-/m1/s1. The molecule has 3 aliphatic carbocycles. The fraction of sp³-hybridized carbons (Fsp3) is 0.594. The minimum atomic E-state index is -3.78. The highest BCUT2D eigenvalue weighted by Gasteiger charge is 2.45. The van der Waals surface area contributed by atoms with Crippen LogP contribution in [0, 0.1) is 23.6 Å². The van der Waals surface area contributed by atoms with Crippen molar-refractivity contribution < 1.29 is 36.7 Å². The Hall–Kier alpha value is -3.46. The van der Waals surface area contributed by atoms with E-state index in [2.05, 4.69) is 27.8 Å². The number of hydrogen-bond acceptors (Lipinski definition) is 9. The van der Waals surface area contributed by atoms with Gasteiger partial charge >= 0.3 is 6.09 Å². The van der Waals surface area contributed by atoms with Crippen LogP contribution in [0.2, 0.25) is 0 Å². The Balaban J connectivity index is 1.20. The van der Waals surface area contributed by atoms with E-state index in [1.54, 1.807) is 11.9 Å². The molecule has 0 spiro atoms. The summed E-state index contributed by atoms with van der Waals surface area (Å²) in [6, 6.07) is 4.01. The summed E-state index contributed by atoms with van der Waals surface area (Å²) in [7, 11) is -2.11. The zero-order valence-corrected chi connectivity index (χ0v) is 28.0. The van der Waals surface area contributed by atoms with Crippen molar-refractivity contribution in [3.8, 4) is 0 Å². The van der Waals surface area contributed by atoms with Crippen LogP contribution in [0.15, 0.2) is 35.3 Å². The predicted molar refractivity (Wildman–Crippen MR) is 177 cm³/mol. The Morgan fingerprint density at radius 3 is 2.57 bits per heavy atom. The molecule has 15 heteroatoms. The number of benzene rings is 1. The van der Waals surface area contributed by atoms with Crippen LogP contribution in [0.5, 0.6) is 0 Å². The molecule has 1 aromatic carbocycles. The summed E-state index contributed by atoms with van der Waals surface area (Å²) in [6.45, 7) is 0.521. The van der Waals surface area contributed by atoms with Gasteiger partial charge in [0.05, 0.1) is 34.4 Å². The number of unbranched alkanes of at least 4 members (excludes halogenated alkanes) is 2. The lowest BCUT2D eigenvalue weighted by molar-refractivity contribution is -0.140. The summed E-state index contributed by atoms with van der Waals surface area (Å²) in [4.78, 5) is 58.2. The summed E-state index contributed by atoms with van der Waals surface area (Å²) in [5.74, 6) is -2.58. The average molecular weight is 692 g/mol. The first-order valence-electron chi connectivity index (χ1n) is 16.2.